The van der Waals surface area contributed by atoms with Crippen molar-refractivity contribution in [2.24, 2.45) is 5.92 Å². The lowest BCUT2D eigenvalue weighted by Gasteiger charge is -2.26. The molecule has 0 heterocycles. The summed E-state index contributed by atoms with van der Waals surface area (Å²) in [7, 11) is 0. The van der Waals surface area contributed by atoms with Crippen molar-refractivity contribution in [3.05, 3.63) is 29.8 Å². The summed E-state index contributed by atoms with van der Waals surface area (Å²) < 4.78 is 5.56. The molecular weight excluding hydrogens is 254 g/mol. The number of rotatable bonds is 3. The number of benzene rings is 1. The van der Waals surface area contributed by atoms with Gasteiger partial charge in [-0.05, 0) is 43.4 Å². The minimum absolute atomic E-state index is 0.0238. The molecule has 1 aliphatic rings. The molecule has 0 spiro atoms. The Morgan fingerprint density at radius 2 is 2.10 bits per heavy atom. The highest BCUT2D eigenvalue weighted by Gasteiger charge is 2.22. The zero-order valence-electron chi connectivity index (χ0n) is 12.0. The summed E-state index contributed by atoms with van der Waals surface area (Å²) in [5, 5.41) is 2.66. The number of amides is 1. The van der Waals surface area contributed by atoms with Gasteiger partial charge in [0.15, 0.2) is 0 Å². The topological polar surface area (TPSA) is 55.4 Å². The molecule has 2 atom stereocenters. The van der Waals surface area contributed by atoms with Crippen LogP contribution in [0.25, 0.3) is 0 Å². The Morgan fingerprint density at radius 3 is 2.80 bits per heavy atom. The molecule has 1 saturated carbocycles. The van der Waals surface area contributed by atoms with Crippen LogP contribution < -0.4 is 5.32 Å². The highest BCUT2D eigenvalue weighted by Crippen LogP contribution is 2.26. The Morgan fingerprint density at radius 1 is 1.30 bits per heavy atom. The van der Waals surface area contributed by atoms with Gasteiger partial charge in [-0.3, -0.25) is 4.79 Å². The third kappa shape index (κ3) is 4.08. The summed E-state index contributed by atoms with van der Waals surface area (Å²) in [6.07, 6.45) is 4.24. The predicted octanol–water partition coefficient (Wildman–Crippen LogP) is 3.38. The minimum atomic E-state index is -0.309. The van der Waals surface area contributed by atoms with Crippen LogP contribution >= 0.6 is 0 Å². The van der Waals surface area contributed by atoms with Crippen LogP contribution in [0.15, 0.2) is 24.3 Å². The third-order valence-electron chi connectivity index (χ3n) is 3.58. The maximum Gasteiger partial charge on any atom is 0.338 e. The van der Waals surface area contributed by atoms with Crippen LogP contribution in [-0.2, 0) is 9.53 Å². The van der Waals surface area contributed by atoms with Gasteiger partial charge in [0.1, 0.15) is 6.10 Å². The minimum Gasteiger partial charge on any atom is -0.459 e. The van der Waals surface area contributed by atoms with E-state index in [4.69, 9.17) is 4.74 Å². The van der Waals surface area contributed by atoms with Crippen molar-refractivity contribution in [3.8, 4) is 0 Å². The smallest absolute Gasteiger partial charge is 0.338 e. The second kappa shape index (κ2) is 6.55. The van der Waals surface area contributed by atoms with Crippen LogP contribution in [0, 0.1) is 5.92 Å². The van der Waals surface area contributed by atoms with E-state index in [2.05, 4.69) is 12.2 Å². The van der Waals surface area contributed by atoms with Crippen LogP contribution in [0.5, 0.6) is 0 Å². The number of carbonyl (C=O) groups excluding carboxylic acids is 2. The van der Waals surface area contributed by atoms with E-state index >= 15 is 0 Å². The van der Waals surface area contributed by atoms with Crippen molar-refractivity contribution in [1.29, 1.82) is 0 Å². The summed E-state index contributed by atoms with van der Waals surface area (Å²) in [6.45, 7) is 3.63. The van der Waals surface area contributed by atoms with Crippen LogP contribution in [0.3, 0.4) is 0 Å². The fourth-order valence-corrected chi connectivity index (χ4v) is 2.63. The third-order valence-corrected chi connectivity index (χ3v) is 3.58. The molecule has 20 heavy (non-hydrogen) atoms. The Kier molecular flexibility index (Phi) is 4.77. The van der Waals surface area contributed by atoms with Gasteiger partial charge >= 0.3 is 5.97 Å². The van der Waals surface area contributed by atoms with Crippen molar-refractivity contribution in [3.63, 3.8) is 0 Å². The van der Waals surface area contributed by atoms with Crippen LogP contribution in [0.4, 0.5) is 5.69 Å². The molecule has 0 bridgehead atoms. The predicted molar refractivity (Wildman–Crippen MR) is 77.6 cm³/mol. The fourth-order valence-electron chi connectivity index (χ4n) is 2.63. The Balaban J connectivity index is 1.99. The summed E-state index contributed by atoms with van der Waals surface area (Å²) in [6, 6.07) is 6.85. The first kappa shape index (κ1) is 14.6. The summed E-state index contributed by atoms with van der Waals surface area (Å²) in [5.41, 5.74) is 1.10. The van der Waals surface area contributed by atoms with Crippen molar-refractivity contribution in [2.45, 2.75) is 45.6 Å². The second-order valence-electron chi connectivity index (χ2n) is 5.56. The van der Waals surface area contributed by atoms with E-state index < -0.39 is 0 Å². The molecular formula is C16H21NO3. The Labute approximate surface area is 119 Å². The Bertz CT molecular complexity index is 498. The zero-order valence-corrected chi connectivity index (χ0v) is 12.0. The van der Waals surface area contributed by atoms with E-state index in [9.17, 15) is 9.59 Å². The van der Waals surface area contributed by atoms with Crippen molar-refractivity contribution >= 4 is 17.6 Å². The highest BCUT2D eigenvalue weighted by atomic mass is 16.5. The van der Waals surface area contributed by atoms with Gasteiger partial charge in [-0.25, -0.2) is 4.79 Å². The van der Waals surface area contributed by atoms with Gasteiger partial charge in [-0.15, -0.1) is 0 Å². The standard InChI is InChI=1S/C16H21NO3/c1-11-5-3-8-15(9-11)20-16(19)13-6-4-7-14(10-13)17-12(2)18/h4,6-7,10-11,15H,3,5,8-9H2,1-2H3,(H,17,18). The number of nitrogens with one attached hydrogen (secondary N) is 1. The number of ether oxygens (including phenoxy) is 1. The van der Waals surface area contributed by atoms with E-state index in [1.54, 1.807) is 24.3 Å². The first-order valence-corrected chi connectivity index (χ1v) is 7.13. The number of carbonyl (C=O) groups is 2. The first-order valence-electron chi connectivity index (χ1n) is 7.13. The molecule has 1 amide bonds. The normalized spacial score (nSPS) is 22.1. The van der Waals surface area contributed by atoms with Gasteiger partial charge in [0.05, 0.1) is 5.56 Å². The fraction of sp³-hybridized carbons (Fsp3) is 0.500. The molecule has 1 aromatic rings. The lowest BCUT2D eigenvalue weighted by molar-refractivity contribution is -0.114. The average molecular weight is 275 g/mol. The SMILES string of the molecule is CC(=O)Nc1cccc(C(=O)OC2CCCC(C)C2)c1. The van der Waals surface area contributed by atoms with Gasteiger partial charge in [-0.1, -0.05) is 19.4 Å². The molecule has 0 radical (unpaired) electrons. The van der Waals surface area contributed by atoms with E-state index in [0.717, 1.165) is 19.3 Å². The van der Waals surface area contributed by atoms with Crippen LogP contribution in [0.1, 0.15) is 49.9 Å². The van der Waals surface area contributed by atoms with Gasteiger partial charge < -0.3 is 10.1 Å². The monoisotopic (exact) mass is 275 g/mol. The number of esters is 1. The maximum absolute atomic E-state index is 12.1. The number of hydrogen-bond acceptors (Lipinski definition) is 3. The number of anilines is 1. The summed E-state index contributed by atoms with van der Waals surface area (Å²) in [5.74, 6) is 0.153. The van der Waals surface area contributed by atoms with E-state index in [-0.39, 0.29) is 18.0 Å². The molecule has 0 aromatic heterocycles. The molecule has 1 N–H and O–H groups in total. The molecule has 0 aliphatic heterocycles. The average Bonchev–Trinajstić information content (AvgIpc) is 2.38. The molecule has 1 fully saturated rings. The van der Waals surface area contributed by atoms with Crippen LogP contribution in [-0.4, -0.2) is 18.0 Å². The first-order chi connectivity index (χ1) is 9.54. The zero-order chi connectivity index (χ0) is 14.5. The molecule has 4 heteroatoms. The lowest BCUT2D eigenvalue weighted by atomic mass is 9.89. The summed E-state index contributed by atoms with van der Waals surface area (Å²) >= 11 is 0. The quantitative estimate of drug-likeness (QED) is 0.860. The lowest BCUT2D eigenvalue weighted by Crippen LogP contribution is -2.24. The molecule has 2 rings (SSSR count). The van der Waals surface area contributed by atoms with Crippen LogP contribution in [0.2, 0.25) is 0 Å². The van der Waals surface area contributed by atoms with Gasteiger partial charge in [0, 0.05) is 12.6 Å². The molecule has 4 nitrogen and oxygen atoms in total. The highest BCUT2D eigenvalue weighted by molar-refractivity contribution is 5.93. The second-order valence-corrected chi connectivity index (χ2v) is 5.56. The van der Waals surface area contributed by atoms with Gasteiger partial charge in [-0.2, -0.15) is 0 Å². The van der Waals surface area contributed by atoms with E-state index in [1.807, 2.05) is 0 Å². The molecule has 0 saturated heterocycles. The van der Waals surface area contributed by atoms with E-state index in [1.165, 1.54) is 13.3 Å². The molecule has 1 aliphatic carbocycles. The molecule has 2 unspecified atom stereocenters. The number of hydrogen-bond donors (Lipinski definition) is 1. The van der Waals surface area contributed by atoms with Crippen molar-refractivity contribution in [2.75, 3.05) is 5.32 Å². The van der Waals surface area contributed by atoms with Gasteiger partial charge in [0.2, 0.25) is 5.91 Å². The van der Waals surface area contributed by atoms with Crippen molar-refractivity contribution < 1.29 is 14.3 Å². The van der Waals surface area contributed by atoms with E-state index in [0.29, 0.717) is 17.2 Å². The maximum atomic E-state index is 12.1. The summed E-state index contributed by atoms with van der Waals surface area (Å²) in [4.78, 5) is 23.1. The largest absolute Gasteiger partial charge is 0.459 e. The van der Waals surface area contributed by atoms with Gasteiger partial charge in [0.25, 0.3) is 0 Å². The molecule has 108 valence electrons. The molecule has 1 aromatic carbocycles. The van der Waals surface area contributed by atoms with Crippen molar-refractivity contribution in [1.82, 2.24) is 0 Å². The Hall–Kier alpha value is -1.84.